The van der Waals surface area contributed by atoms with Gasteiger partial charge in [-0.3, -0.25) is 9.97 Å². The predicted octanol–water partition coefficient (Wildman–Crippen LogP) is 0.165. The Morgan fingerprint density at radius 3 is 2.92 bits per heavy atom. The largest absolute Gasteiger partial charge is 0.384 e. The number of ether oxygens (including phenoxy) is 1. The van der Waals surface area contributed by atoms with Gasteiger partial charge < -0.3 is 10.5 Å². The second-order valence-electron chi connectivity index (χ2n) is 2.52. The van der Waals surface area contributed by atoms with Gasteiger partial charge >= 0.3 is 0 Å². The SMILES string of the molecule is COC[C@@H](CN)c1cnccn1. The predicted molar refractivity (Wildman–Crippen MR) is 45.7 cm³/mol. The zero-order chi connectivity index (χ0) is 8.81. The molecule has 1 heterocycles. The Labute approximate surface area is 71.8 Å². The van der Waals surface area contributed by atoms with Crippen LogP contribution < -0.4 is 5.73 Å². The van der Waals surface area contributed by atoms with E-state index in [-0.39, 0.29) is 5.92 Å². The van der Waals surface area contributed by atoms with Crippen LogP contribution in [-0.4, -0.2) is 30.2 Å². The quantitative estimate of drug-likeness (QED) is 0.694. The third-order valence-electron chi connectivity index (χ3n) is 1.65. The van der Waals surface area contributed by atoms with E-state index in [2.05, 4.69) is 9.97 Å². The topological polar surface area (TPSA) is 61.0 Å². The monoisotopic (exact) mass is 167 g/mol. The third-order valence-corrected chi connectivity index (χ3v) is 1.65. The van der Waals surface area contributed by atoms with E-state index >= 15 is 0 Å². The van der Waals surface area contributed by atoms with Gasteiger partial charge in [0.1, 0.15) is 0 Å². The summed E-state index contributed by atoms with van der Waals surface area (Å²) in [5, 5.41) is 0. The van der Waals surface area contributed by atoms with E-state index in [0.717, 1.165) is 5.69 Å². The van der Waals surface area contributed by atoms with Crippen LogP contribution in [0, 0.1) is 0 Å². The number of hydrogen-bond acceptors (Lipinski definition) is 4. The lowest BCUT2D eigenvalue weighted by Gasteiger charge is -2.11. The van der Waals surface area contributed by atoms with Crippen molar-refractivity contribution in [3.05, 3.63) is 24.3 Å². The van der Waals surface area contributed by atoms with Crippen molar-refractivity contribution in [3.63, 3.8) is 0 Å². The molecule has 1 aromatic heterocycles. The van der Waals surface area contributed by atoms with Gasteiger partial charge in [0.2, 0.25) is 0 Å². The molecular weight excluding hydrogens is 154 g/mol. The first-order valence-corrected chi connectivity index (χ1v) is 3.83. The summed E-state index contributed by atoms with van der Waals surface area (Å²) < 4.78 is 5.00. The lowest BCUT2D eigenvalue weighted by molar-refractivity contribution is 0.179. The highest BCUT2D eigenvalue weighted by molar-refractivity contribution is 5.03. The van der Waals surface area contributed by atoms with Gasteiger partial charge in [-0.05, 0) is 0 Å². The molecule has 2 N–H and O–H groups in total. The van der Waals surface area contributed by atoms with Crippen LogP contribution in [-0.2, 0) is 4.74 Å². The van der Waals surface area contributed by atoms with E-state index in [1.165, 1.54) is 0 Å². The van der Waals surface area contributed by atoms with Crippen LogP contribution in [0.25, 0.3) is 0 Å². The molecule has 0 fully saturated rings. The fourth-order valence-electron chi connectivity index (χ4n) is 0.997. The van der Waals surface area contributed by atoms with Crippen molar-refractivity contribution in [2.75, 3.05) is 20.3 Å². The average molecular weight is 167 g/mol. The van der Waals surface area contributed by atoms with E-state index in [0.29, 0.717) is 13.2 Å². The molecule has 0 radical (unpaired) electrons. The first kappa shape index (κ1) is 9.09. The van der Waals surface area contributed by atoms with Crippen molar-refractivity contribution >= 4 is 0 Å². The van der Waals surface area contributed by atoms with Crippen molar-refractivity contribution < 1.29 is 4.74 Å². The maximum Gasteiger partial charge on any atom is 0.0653 e. The molecule has 1 rings (SSSR count). The highest BCUT2D eigenvalue weighted by Crippen LogP contribution is 2.09. The summed E-state index contributed by atoms with van der Waals surface area (Å²) in [6.07, 6.45) is 5.02. The summed E-state index contributed by atoms with van der Waals surface area (Å²) in [6.45, 7) is 1.13. The standard InChI is InChI=1S/C8H13N3O/c1-12-6-7(4-9)8-5-10-2-3-11-8/h2-3,5,7H,4,6,9H2,1H3/t7-/m1/s1. The number of nitrogens with zero attached hydrogens (tertiary/aromatic N) is 2. The summed E-state index contributed by atoms with van der Waals surface area (Å²) in [5.41, 5.74) is 6.43. The van der Waals surface area contributed by atoms with Crippen molar-refractivity contribution in [1.29, 1.82) is 0 Å². The molecule has 0 spiro atoms. The van der Waals surface area contributed by atoms with Gasteiger partial charge in [-0.25, -0.2) is 0 Å². The molecule has 1 aromatic rings. The summed E-state index contributed by atoms with van der Waals surface area (Å²) in [5.74, 6) is 0.156. The normalized spacial score (nSPS) is 12.8. The van der Waals surface area contributed by atoms with Gasteiger partial charge in [-0.15, -0.1) is 0 Å². The van der Waals surface area contributed by atoms with E-state index in [9.17, 15) is 0 Å². The Morgan fingerprint density at radius 2 is 2.42 bits per heavy atom. The molecule has 0 unspecified atom stereocenters. The van der Waals surface area contributed by atoms with Gasteiger partial charge in [0.25, 0.3) is 0 Å². The maximum absolute atomic E-state index is 5.54. The minimum atomic E-state index is 0.156. The van der Waals surface area contributed by atoms with Crippen LogP contribution >= 0.6 is 0 Å². The number of aromatic nitrogens is 2. The first-order valence-electron chi connectivity index (χ1n) is 3.83. The van der Waals surface area contributed by atoms with Gasteiger partial charge in [0.05, 0.1) is 12.3 Å². The molecule has 4 nitrogen and oxygen atoms in total. The molecule has 0 aromatic carbocycles. The lowest BCUT2D eigenvalue weighted by atomic mass is 10.1. The fourth-order valence-corrected chi connectivity index (χ4v) is 0.997. The minimum absolute atomic E-state index is 0.156. The number of hydrogen-bond donors (Lipinski definition) is 1. The molecule has 66 valence electrons. The van der Waals surface area contributed by atoms with Gasteiger partial charge in [0.15, 0.2) is 0 Å². The number of methoxy groups -OCH3 is 1. The molecule has 0 bridgehead atoms. The Kier molecular flexibility index (Phi) is 3.63. The zero-order valence-electron chi connectivity index (χ0n) is 7.10. The van der Waals surface area contributed by atoms with Crippen LogP contribution in [0.4, 0.5) is 0 Å². The van der Waals surface area contributed by atoms with Crippen molar-refractivity contribution in [1.82, 2.24) is 9.97 Å². The van der Waals surface area contributed by atoms with Crippen molar-refractivity contribution in [2.24, 2.45) is 5.73 Å². The van der Waals surface area contributed by atoms with Crippen LogP contribution in [0.3, 0.4) is 0 Å². The Bertz CT molecular complexity index is 215. The van der Waals surface area contributed by atoms with Crippen LogP contribution in [0.1, 0.15) is 11.6 Å². The molecule has 0 aliphatic heterocycles. The number of rotatable bonds is 4. The summed E-state index contributed by atoms with van der Waals surface area (Å²) in [7, 11) is 1.65. The smallest absolute Gasteiger partial charge is 0.0653 e. The van der Waals surface area contributed by atoms with E-state index in [4.69, 9.17) is 10.5 Å². The first-order chi connectivity index (χ1) is 5.88. The van der Waals surface area contributed by atoms with Crippen molar-refractivity contribution in [2.45, 2.75) is 5.92 Å². The third kappa shape index (κ3) is 2.25. The second-order valence-corrected chi connectivity index (χ2v) is 2.52. The van der Waals surface area contributed by atoms with Crippen LogP contribution in [0.5, 0.6) is 0 Å². The lowest BCUT2D eigenvalue weighted by Crippen LogP contribution is -2.18. The summed E-state index contributed by atoms with van der Waals surface area (Å²) in [6, 6.07) is 0. The average Bonchev–Trinajstić information content (AvgIpc) is 2.15. The fraction of sp³-hybridized carbons (Fsp3) is 0.500. The molecule has 0 aliphatic carbocycles. The molecule has 0 aliphatic rings. The minimum Gasteiger partial charge on any atom is -0.384 e. The maximum atomic E-state index is 5.54. The summed E-state index contributed by atoms with van der Waals surface area (Å²) >= 11 is 0. The molecule has 4 heteroatoms. The van der Waals surface area contributed by atoms with E-state index < -0.39 is 0 Å². The summed E-state index contributed by atoms with van der Waals surface area (Å²) in [4.78, 5) is 8.11. The molecule has 0 saturated carbocycles. The van der Waals surface area contributed by atoms with Crippen LogP contribution in [0.2, 0.25) is 0 Å². The highest BCUT2D eigenvalue weighted by Gasteiger charge is 2.09. The second kappa shape index (κ2) is 4.79. The van der Waals surface area contributed by atoms with E-state index in [1.807, 2.05) is 0 Å². The molecule has 0 amide bonds. The zero-order valence-corrected chi connectivity index (χ0v) is 7.10. The Hall–Kier alpha value is -1.00. The highest BCUT2D eigenvalue weighted by atomic mass is 16.5. The van der Waals surface area contributed by atoms with Crippen LogP contribution in [0.15, 0.2) is 18.6 Å². The molecule has 0 saturated heterocycles. The number of nitrogens with two attached hydrogens (primary N) is 1. The Morgan fingerprint density at radius 1 is 1.58 bits per heavy atom. The van der Waals surface area contributed by atoms with Gasteiger partial charge in [0, 0.05) is 38.2 Å². The van der Waals surface area contributed by atoms with Gasteiger partial charge in [-0.1, -0.05) is 0 Å². The van der Waals surface area contributed by atoms with E-state index in [1.54, 1.807) is 25.7 Å². The molecular formula is C8H13N3O. The Balaban J connectivity index is 2.66. The molecule has 12 heavy (non-hydrogen) atoms. The van der Waals surface area contributed by atoms with Crippen molar-refractivity contribution in [3.8, 4) is 0 Å². The van der Waals surface area contributed by atoms with Gasteiger partial charge in [-0.2, -0.15) is 0 Å². The molecule has 1 atom stereocenters.